The van der Waals surface area contributed by atoms with Crippen molar-refractivity contribution in [1.29, 1.82) is 5.26 Å². The highest BCUT2D eigenvalue weighted by Crippen LogP contribution is 2.40. The van der Waals surface area contributed by atoms with Gasteiger partial charge in [-0.3, -0.25) is 0 Å². The largest absolute Gasteiger partial charge is 0.493 e. The van der Waals surface area contributed by atoms with E-state index in [9.17, 15) is 18.4 Å². The number of halogens is 3. The fourth-order valence-corrected chi connectivity index (χ4v) is 2.87. The summed E-state index contributed by atoms with van der Waals surface area (Å²) in [5, 5.41) is 16.6. The lowest BCUT2D eigenvalue weighted by Crippen LogP contribution is -2.08. The molecule has 0 N–H and O–H groups in total. The van der Waals surface area contributed by atoms with Gasteiger partial charge in [0.1, 0.15) is 11.6 Å². The number of hydrogen-bond acceptors (Lipinski definition) is 5. The third-order valence-corrected chi connectivity index (χ3v) is 4.18. The molecular weight excluding hydrogens is 401 g/mol. The second-order valence-corrected chi connectivity index (χ2v) is 5.87. The second-order valence-electron chi connectivity index (χ2n) is 5.87. The van der Waals surface area contributed by atoms with Gasteiger partial charge in [0, 0.05) is 16.2 Å². The van der Waals surface area contributed by atoms with Crippen molar-refractivity contribution in [1.82, 2.24) is 9.78 Å². The fraction of sp³-hybridized carbons (Fsp3) is 0.158. The van der Waals surface area contributed by atoms with Gasteiger partial charge >= 0.3 is 6.18 Å². The van der Waals surface area contributed by atoms with Crippen LogP contribution < -0.4 is 9.47 Å². The van der Waals surface area contributed by atoms with Crippen molar-refractivity contribution in [3.63, 3.8) is 0 Å². The maximum atomic E-state index is 13.6. The Morgan fingerprint density at radius 2 is 1.77 bits per heavy atom. The Balaban J connectivity index is 2.31. The molecule has 0 spiro atoms. The van der Waals surface area contributed by atoms with Gasteiger partial charge in [0.05, 0.1) is 25.6 Å². The molecule has 152 valence electrons. The predicted molar refractivity (Wildman–Crippen MR) is 101 cm³/mol. The first-order valence-electron chi connectivity index (χ1n) is 8.32. The zero-order valence-electron chi connectivity index (χ0n) is 15.7. The minimum Gasteiger partial charge on any atom is -0.493 e. The maximum absolute atomic E-state index is 13.6. The first-order valence-corrected chi connectivity index (χ1v) is 8.32. The Morgan fingerprint density at radius 1 is 1.10 bits per heavy atom. The van der Waals surface area contributed by atoms with E-state index in [1.807, 2.05) is 0 Å². The van der Waals surface area contributed by atoms with Crippen LogP contribution in [0, 0.1) is 11.3 Å². The van der Waals surface area contributed by atoms with E-state index in [0.717, 1.165) is 4.68 Å². The smallest absolute Gasteiger partial charge is 0.436 e. The molecule has 0 atom stereocenters. The van der Waals surface area contributed by atoms with Crippen molar-refractivity contribution in [3.05, 3.63) is 64.2 Å². The molecule has 0 unspecified atom stereocenters. The van der Waals surface area contributed by atoms with E-state index in [1.54, 1.807) is 6.07 Å². The molecule has 8 nitrogen and oxygen atoms in total. The summed E-state index contributed by atoms with van der Waals surface area (Å²) in [6.45, 7) is 0. The number of aromatic nitrogens is 2. The zero-order chi connectivity index (χ0) is 21.9. The summed E-state index contributed by atoms with van der Waals surface area (Å²) >= 11 is 0. The number of azide groups is 1. The molecule has 0 fully saturated rings. The van der Waals surface area contributed by atoms with Crippen LogP contribution in [0.5, 0.6) is 11.5 Å². The van der Waals surface area contributed by atoms with Crippen LogP contribution in [0.1, 0.15) is 11.3 Å². The number of benzene rings is 2. The Labute approximate surface area is 168 Å². The number of rotatable bonds is 5. The van der Waals surface area contributed by atoms with Crippen molar-refractivity contribution < 1.29 is 22.6 Å². The average molecular weight is 414 g/mol. The summed E-state index contributed by atoms with van der Waals surface area (Å²) in [6.07, 6.45) is -4.84. The van der Waals surface area contributed by atoms with E-state index < -0.39 is 17.4 Å². The number of alkyl halides is 3. The molecule has 3 aromatic rings. The Kier molecular flexibility index (Phi) is 5.53. The monoisotopic (exact) mass is 414 g/mol. The first kappa shape index (κ1) is 20.6. The van der Waals surface area contributed by atoms with Gasteiger partial charge in [0.15, 0.2) is 17.2 Å². The number of hydrogen-bond donors (Lipinski definition) is 0. The summed E-state index contributed by atoms with van der Waals surface area (Å²) in [6, 6.07) is 11.8. The lowest BCUT2D eigenvalue weighted by atomic mass is 10.0. The Hall–Kier alpha value is -4.16. The van der Waals surface area contributed by atoms with Gasteiger partial charge in [-0.1, -0.05) is 17.2 Å². The topological polar surface area (TPSA) is 109 Å². The average Bonchev–Trinajstić information content (AvgIpc) is 3.14. The van der Waals surface area contributed by atoms with E-state index in [1.165, 1.54) is 56.7 Å². The summed E-state index contributed by atoms with van der Waals surface area (Å²) in [4.78, 5) is 2.66. The van der Waals surface area contributed by atoms with Crippen molar-refractivity contribution in [3.8, 4) is 34.5 Å². The van der Waals surface area contributed by atoms with Crippen molar-refractivity contribution in [2.24, 2.45) is 5.11 Å². The predicted octanol–water partition coefficient (Wildman–Crippen LogP) is 5.39. The van der Waals surface area contributed by atoms with Gasteiger partial charge in [-0.25, -0.2) is 4.68 Å². The fourth-order valence-electron chi connectivity index (χ4n) is 2.87. The van der Waals surface area contributed by atoms with Crippen LogP contribution in [-0.4, -0.2) is 24.0 Å². The lowest BCUT2D eigenvalue weighted by molar-refractivity contribution is -0.141. The van der Waals surface area contributed by atoms with E-state index in [4.69, 9.17) is 15.0 Å². The highest BCUT2D eigenvalue weighted by Gasteiger charge is 2.40. The number of methoxy groups -OCH3 is 2. The van der Waals surface area contributed by atoms with Crippen molar-refractivity contribution in [2.45, 2.75) is 6.18 Å². The van der Waals surface area contributed by atoms with Gasteiger partial charge in [0.2, 0.25) is 0 Å². The number of ether oxygens (including phenoxy) is 2. The molecule has 1 heterocycles. The van der Waals surface area contributed by atoms with Gasteiger partial charge < -0.3 is 9.47 Å². The van der Waals surface area contributed by atoms with E-state index in [2.05, 4.69) is 15.1 Å². The standard InChI is InChI=1S/C19H13F3N6O2/c1-29-15-8-3-11(9-16(15)30-2)17-14(10-23)18(19(20,21)22)26-28(17)13-6-4-12(5-7-13)25-27-24/h3-9H,1-2H3. The molecule has 0 aliphatic heterocycles. The van der Waals surface area contributed by atoms with Crippen LogP contribution in [0.3, 0.4) is 0 Å². The molecule has 0 bridgehead atoms. The summed E-state index contributed by atoms with van der Waals surface area (Å²) in [7, 11) is 2.81. The van der Waals surface area contributed by atoms with Crippen LogP contribution in [-0.2, 0) is 6.18 Å². The molecule has 3 rings (SSSR count). The molecule has 0 aliphatic carbocycles. The molecule has 2 aromatic carbocycles. The van der Waals surface area contributed by atoms with Crippen molar-refractivity contribution in [2.75, 3.05) is 14.2 Å². The minimum absolute atomic E-state index is 0.0673. The zero-order valence-corrected chi connectivity index (χ0v) is 15.7. The normalized spacial score (nSPS) is 10.8. The Bertz CT molecular complexity index is 1170. The number of nitrogens with zero attached hydrogens (tertiary/aromatic N) is 6. The van der Waals surface area contributed by atoms with Crippen molar-refractivity contribution >= 4 is 5.69 Å². The number of nitriles is 1. The summed E-state index contributed by atoms with van der Waals surface area (Å²) < 4.78 is 52.1. The summed E-state index contributed by atoms with van der Waals surface area (Å²) in [5.41, 5.74) is 7.29. The molecule has 1 aromatic heterocycles. The Morgan fingerprint density at radius 3 is 2.30 bits per heavy atom. The van der Waals surface area contributed by atoms with Gasteiger partial charge in [-0.2, -0.15) is 23.5 Å². The highest BCUT2D eigenvalue weighted by atomic mass is 19.4. The molecule has 11 heteroatoms. The maximum Gasteiger partial charge on any atom is 0.436 e. The SMILES string of the molecule is COc1ccc(-c2c(C#N)c(C(F)(F)F)nn2-c2ccc(N=[N+]=[N-])cc2)cc1OC. The van der Waals surface area contributed by atoms with Gasteiger partial charge in [-0.15, -0.1) is 0 Å². The van der Waals surface area contributed by atoms with Crippen LogP contribution in [0.2, 0.25) is 0 Å². The minimum atomic E-state index is -4.84. The lowest BCUT2D eigenvalue weighted by Gasteiger charge is -2.12. The van der Waals surface area contributed by atoms with Gasteiger partial charge in [-0.05, 0) is 35.9 Å². The molecular formula is C19H13F3N6O2. The van der Waals surface area contributed by atoms with E-state index in [-0.39, 0.29) is 28.4 Å². The van der Waals surface area contributed by atoms with Crippen LogP contribution in [0.25, 0.3) is 27.4 Å². The second kappa shape index (κ2) is 8.06. The molecule has 0 saturated heterocycles. The van der Waals surface area contributed by atoms with Gasteiger partial charge in [0.25, 0.3) is 0 Å². The van der Waals surface area contributed by atoms with E-state index >= 15 is 0 Å². The molecule has 0 aliphatic rings. The molecule has 0 saturated carbocycles. The van der Waals surface area contributed by atoms with Crippen LogP contribution in [0.4, 0.5) is 18.9 Å². The first-order chi connectivity index (χ1) is 14.3. The van der Waals surface area contributed by atoms with Crippen LogP contribution >= 0.6 is 0 Å². The summed E-state index contributed by atoms with van der Waals surface area (Å²) in [5.74, 6) is 0.652. The third-order valence-electron chi connectivity index (χ3n) is 4.18. The van der Waals surface area contributed by atoms with E-state index in [0.29, 0.717) is 5.75 Å². The molecule has 30 heavy (non-hydrogen) atoms. The molecule has 0 radical (unpaired) electrons. The highest BCUT2D eigenvalue weighted by molar-refractivity contribution is 5.73. The van der Waals surface area contributed by atoms with Crippen LogP contribution in [0.15, 0.2) is 47.6 Å². The third kappa shape index (κ3) is 3.72. The molecule has 0 amide bonds. The quantitative estimate of drug-likeness (QED) is 0.317.